The van der Waals surface area contributed by atoms with E-state index >= 15 is 0 Å². The van der Waals surface area contributed by atoms with Gasteiger partial charge in [0.25, 0.3) is 0 Å². The Morgan fingerprint density at radius 3 is 2.75 bits per heavy atom. The largest absolute Gasteiger partial charge is 0.329 e. The molecule has 2 rings (SSSR count). The molecule has 0 amide bonds. The van der Waals surface area contributed by atoms with E-state index in [9.17, 15) is 0 Å². The van der Waals surface area contributed by atoms with E-state index in [2.05, 4.69) is 24.0 Å². The summed E-state index contributed by atoms with van der Waals surface area (Å²) in [5.74, 6) is 1.21. The minimum atomic E-state index is 0.283. The quantitative estimate of drug-likeness (QED) is 0.689. The minimum Gasteiger partial charge on any atom is -0.329 e. The average Bonchev–Trinajstić information content (AvgIpc) is 2.77. The Morgan fingerprint density at radius 2 is 2.33 bits per heavy atom. The van der Waals surface area contributed by atoms with Gasteiger partial charge in [-0.05, 0) is 19.3 Å². The summed E-state index contributed by atoms with van der Waals surface area (Å²) in [4.78, 5) is 0. The molecule has 1 aliphatic heterocycles. The zero-order chi connectivity index (χ0) is 8.60. The van der Waals surface area contributed by atoms with Crippen LogP contribution in [-0.4, -0.2) is 29.1 Å². The van der Waals surface area contributed by atoms with Crippen LogP contribution >= 0.6 is 11.8 Å². The van der Waals surface area contributed by atoms with Crippen LogP contribution in [0.4, 0.5) is 0 Å². The molecule has 0 radical (unpaired) electrons. The second-order valence-electron chi connectivity index (χ2n) is 4.23. The Labute approximate surface area is 78.7 Å². The normalized spacial score (nSPS) is 42.0. The van der Waals surface area contributed by atoms with E-state index in [1.165, 1.54) is 25.0 Å². The van der Waals surface area contributed by atoms with Gasteiger partial charge in [-0.1, -0.05) is 6.92 Å². The van der Waals surface area contributed by atoms with Gasteiger partial charge in [0.2, 0.25) is 0 Å². The lowest BCUT2D eigenvalue weighted by Gasteiger charge is -2.28. The van der Waals surface area contributed by atoms with Crippen molar-refractivity contribution < 1.29 is 0 Å². The second-order valence-corrected chi connectivity index (χ2v) is 5.66. The molecular formula is C9H18N2S. The molecule has 1 saturated heterocycles. The van der Waals surface area contributed by atoms with Crippen molar-refractivity contribution in [2.45, 2.75) is 43.0 Å². The van der Waals surface area contributed by atoms with Crippen LogP contribution in [0.1, 0.15) is 26.2 Å². The first-order valence-corrected chi connectivity index (χ1v) is 5.88. The second kappa shape index (κ2) is 3.20. The number of hydrogen-bond donors (Lipinski definition) is 2. The number of rotatable bonds is 3. The van der Waals surface area contributed by atoms with E-state index in [0.717, 1.165) is 17.8 Å². The highest BCUT2D eigenvalue weighted by Crippen LogP contribution is 2.36. The molecule has 1 heterocycles. The summed E-state index contributed by atoms with van der Waals surface area (Å²) >= 11 is 2.06. The van der Waals surface area contributed by atoms with Crippen LogP contribution < -0.4 is 11.1 Å². The Hall–Kier alpha value is 0.270. The summed E-state index contributed by atoms with van der Waals surface area (Å²) in [5, 5.41) is 4.49. The van der Waals surface area contributed by atoms with Crippen LogP contribution in [-0.2, 0) is 0 Å². The fourth-order valence-electron chi connectivity index (χ4n) is 1.93. The van der Waals surface area contributed by atoms with E-state index in [1.807, 2.05) is 0 Å². The molecule has 0 aromatic heterocycles. The van der Waals surface area contributed by atoms with Crippen molar-refractivity contribution in [1.82, 2.24) is 5.32 Å². The van der Waals surface area contributed by atoms with Crippen molar-refractivity contribution in [3.05, 3.63) is 0 Å². The van der Waals surface area contributed by atoms with Crippen molar-refractivity contribution in [3.8, 4) is 0 Å². The Kier molecular flexibility index (Phi) is 2.36. The van der Waals surface area contributed by atoms with Crippen LogP contribution in [0.2, 0.25) is 0 Å². The third-order valence-corrected chi connectivity index (χ3v) is 4.26. The fraction of sp³-hybridized carbons (Fsp3) is 1.00. The summed E-state index contributed by atoms with van der Waals surface area (Å²) in [7, 11) is 0. The lowest BCUT2D eigenvalue weighted by atomic mass is 9.96. The van der Waals surface area contributed by atoms with Gasteiger partial charge in [0.15, 0.2) is 0 Å². The SMILES string of the molecule is CC1CC(CN)(NC2CC2)CS1. The molecule has 0 bridgehead atoms. The molecule has 0 spiro atoms. The van der Waals surface area contributed by atoms with Gasteiger partial charge < -0.3 is 11.1 Å². The zero-order valence-electron chi connectivity index (χ0n) is 7.68. The fourth-order valence-corrected chi connectivity index (χ4v) is 3.29. The minimum absolute atomic E-state index is 0.283. The molecule has 0 aromatic rings. The van der Waals surface area contributed by atoms with Crippen LogP contribution in [0.5, 0.6) is 0 Å². The van der Waals surface area contributed by atoms with Gasteiger partial charge in [-0.3, -0.25) is 0 Å². The molecule has 1 saturated carbocycles. The standard InChI is InChI=1S/C9H18N2S/c1-7-4-9(5-10,6-12-7)11-8-2-3-8/h7-8,11H,2-6,10H2,1H3. The Morgan fingerprint density at radius 1 is 1.58 bits per heavy atom. The summed E-state index contributed by atoms with van der Waals surface area (Å²) in [6.07, 6.45) is 3.98. The number of nitrogens with two attached hydrogens (primary N) is 1. The lowest BCUT2D eigenvalue weighted by Crippen LogP contribution is -2.52. The number of thioether (sulfide) groups is 1. The molecule has 70 valence electrons. The van der Waals surface area contributed by atoms with E-state index < -0.39 is 0 Å². The van der Waals surface area contributed by atoms with Crippen molar-refractivity contribution in [3.63, 3.8) is 0 Å². The van der Waals surface area contributed by atoms with Crippen LogP contribution in [0.25, 0.3) is 0 Å². The molecule has 2 aliphatic rings. The third-order valence-electron chi connectivity index (χ3n) is 2.80. The maximum Gasteiger partial charge on any atom is 0.0407 e. The van der Waals surface area contributed by atoms with Gasteiger partial charge in [-0.2, -0.15) is 11.8 Å². The summed E-state index contributed by atoms with van der Waals surface area (Å²) in [6.45, 7) is 3.11. The third kappa shape index (κ3) is 1.78. The number of nitrogens with one attached hydrogen (secondary N) is 1. The highest BCUT2D eigenvalue weighted by Gasteiger charge is 2.40. The topological polar surface area (TPSA) is 38.0 Å². The Bertz CT molecular complexity index is 170. The number of hydrogen-bond acceptors (Lipinski definition) is 3. The molecule has 2 atom stereocenters. The molecule has 2 nitrogen and oxygen atoms in total. The Balaban J connectivity index is 1.93. The van der Waals surface area contributed by atoms with Gasteiger partial charge in [0.05, 0.1) is 0 Å². The van der Waals surface area contributed by atoms with Gasteiger partial charge in [-0.15, -0.1) is 0 Å². The van der Waals surface area contributed by atoms with Crippen molar-refractivity contribution >= 4 is 11.8 Å². The van der Waals surface area contributed by atoms with Gasteiger partial charge in [-0.25, -0.2) is 0 Å². The molecule has 1 aliphatic carbocycles. The highest BCUT2D eigenvalue weighted by molar-refractivity contribution is 8.00. The first-order valence-electron chi connectivity index (χ1n) is 4.83. The van der Waals surface area contributed by atoms with Gasteiger partial charge in [0.1, 0.15) is 0 Å². The van der Waals surface area contributed by atoms with Crippen LogP contribution in [0, 0.1) is 0 Å². The molecule has 0 aromatic carbocycles. The van der Waals surface area contributed by atoms with E-state index in [1.54, 1.807) is 0 Å². The maximum atomic E-state index is 5.83. The predicted molar refractivity (Wildman–Crippen MR) is 54.5 cm³/mol. The highest BCUT2D eigenvalue weighted by atomic mass is 32.2. The smallest absolute Gasteiger partial charge is 0.0407 e. The average molecular weight is 186 g/mol. The summed E-state index contributed by atoms with van der Waals surface area (Å²) in [6, 6.07) is 0.791. The van der Waals surface area contributed by atoms with E-state index in [-0.39, 0.29) is 5.54 Å². The summed E-state index contributed by atoms with van der Waals surface area (Å²) in [5.41, 5.74) is 6.11. The first kappa shape index (κ1) is 8.85. The lowest BCUT2D eigenvalue weighted by molar-refractivity contribution is 0.358. The summed E-state index contributed by atoms with van der Waals surface area (Å²) < 4.78 is 0. The molecule has 2 unspecified atom stereocenters. The molecule has 3 heteroatoms. The first-order chi connectivity index (χ1) is 5.74. The van der Waals surface area contributed by atoms with Gasteiger partial charge >= 0.3 is 0 Å². The van der Waals surface area contributed by atoms with Gasteiger partial charge in [0, 0.05) is 29.1 Å². The monoisotopic (exact) mass is 186 g/mol. The van der Waals surface area contributed by atoms with Crippen LogP contribution in [0.15, 0.2) is 0 Å². The van der Waals surface area contributed by atoms with Crippen LogP contribution in [0.3, 0.4) is 0 Å². The maximum absolute atomic E-state index is 5.83. The van der Waals surface area contributed by atoms with Crippen molar-refractivity contribution in [2.24, 2.45) is 5.73 Å². The zero-order valence-corrected chi connectivity index (χ0v) is 8.49. The molecule has 3 N–H and O–H groups in total. The van der Waals surface area contributed by atoms with Crippen molar-refractivity contribution in [2.75, 3.05) is 12.3 Å². The molecular weight excluding hydrogens is 168 g/mol. The molecule has 2 fully saturated rings. The van der Waals surface area contributed by atoms with Crippen molar-refractivity contribution in [1.29, 1.82) is 0 Å². The molecule has 12 heavy (non-hydrogen) atoms. The van der Waals surface area contributed by atoms with E-state index in [0.29, 0.717) is 0 Å². The van der Waals surface area contributed by atoms with E-state index in [4.69, 9.17) is 5.73 Å². The predicted octanol–water partition coefficient (Wildman–Crippen LogP) is 0.961.